The summed E-state index contributed by atoms with van der Waals surface area (Å²) >= 11 is 6.04. The van der Waals surface area contributed by atoms with Gasteiger partial charge in [-0.1, -0.05) is 17.7 Å². The number of hydrogen-bond acceptors (Lipinski definition) is 4. The number of aromatic nitrogens is 2. The summed E-state index contributed by atoms with van der Waals surface area (Å²) in [5.74, 6) is 0. The lowest BCUT2D eigenvalue weighted by molar-refractivity contribution is -0.383. The smallest absolute Gasteiger partial charge is 0.317 e. The SMILES string of the molecule is Cc1nn(-c2cccc(N)c2[N+](=O)[O-])c(C)c1Cl. The number of aryl methyl sites for hydroxylation is 1. The van der Waals surface area contributed by atoms with E-state index in [1.807, 2.05) is 0 Å². The summed E-state index contributed by atoms with van der Waals surface area (Å²) in [4.78, 5) is 10.6. The molecule has 0 bridgehead atoms. The van der Waals surface area contributed by atoms with Gasteiger partial charge in [0.15, 0.2) is 0 Å². The van der Waals surface area contributed by atoms with Crippen LogP contribution in [0.5, 0.6) is 0 Å². The molecular formula is C11H11ClN4O2. The van der Waals surface area contributed by atoms with Crippen molar-refractivity contribution in [2.24, 2.45) is 0 Å². The van der Waals surface area contributed by atoms with Crippen LogP contribution in [-0.4, -0.2) is 14.7 Å². The molecule has 0 saturated heterocycles. The number of nitro benzene ring substituents is 1. The molecule has 0 unspecified atom stereocenters. The van der Waals surface area contributed by atoms with Crippen LogP contribution in [0.1, 0.15) is 11.4 Å². The van der Waals surface area contributed by atoms with Crippen molar-refractivity contribution in [2.75, 3.05) is 5.73 Å². The van der Waals surface area contributed by atoms with Crippen LogP contribution >= 0.6 is 11.6 Å². The summed E-state index contributed by atoms with van der Waals surface area (Å²) in [7, 11) is 0. The van der Waals surface area contributed by atoms with Gasteiger partial charge in [0.1, 0.15) is 11.4 Å². The molecule has 0 radical (unpaired) electrons. The molecule has 7 heteroatoms. The summed E-state index contributed by atoms with van der Waals surface area (Å²) in [6.45, 7) is 3.49. The van der Waals surface area contributed by atoms with Crippen molar-refractivity contribution in [2.45, 2.75) is 13.8 Å². The number of halogens is 1. The second-order valence-corrected chi connectivity index (χ2v) is 4.25. The number of nitrogens with two attached hydrogens (primary N) is 1. The first-order valence-corrected chi connectivity index (χ1v) is 5.56. The first-order chi connectivity index (χ1) is 8.43. The standard InChI is InChI=1S/C11H11ClN4O2/c1-6-10(12)7(2)15(14-6)9-5-3-4-8(13)11(9)16(17)18/h3-5H,13H2,1-2H3. The Morgan fingerprint density at radius 2 is 2.11 bits per heavy atom. The molecule has 6 nitrogen and oxygen atoms in total. The van der Waals surface area contributed by atoms with E-state index in [0.717, 1.165) is 0 Å². The quantitative estimate of drug-likeness (QED) is 0.514. The Bertz CT molecular complexity index is 636. The maximum Gasteiger partial charge on any atom is 0.317 e. The fraction of sp³-hybridized carbons (Fsp3) is 0.182. The molecule has 94 valence electrons. The van der Waals surface area contributed by atoms with E-state index in [1.54, 1.807) is 26.0 Å². The van der Waals surface area contributed by atoms with Crippen molar-refractivity contribution in [1.82, 2.24) is 9.78 Å². The van der Waals surface area contributed by atoms with Crippen LogP contribution in [0.3, 0.4) is 0 Å². The second-order valence-electron chi connectivity index (χ2n) is 3.87. The van der Waals surface area contributed by atoms with Gasteiger partial charge in [-0.2, -0.15) is 5.10 Å². The number of benzene rings is 1. The molecule has 0 aliphatic rings. The van der Waals surface area contributed by atoms with Crippen LogP contribution in [0.25, 0.3) is 5.69 Å². The predicted octanol–water partition coefficient (Wildman–Crippen LogP) is 2.63. The van der Waals surface area contributed by atoms with E-state index in [1.165, 1.54) is 10.7 Å². The third-order valence-electron chi connectivity index (χ3n) is 2.66. The third kappa shape index (κ3) is 1.80. The Balaban J connectivity index is 2.75. The second kappa shape index (κ2) is 4.30. The van der Waals surface area contributed by atoms with E-state index in [9.17, 15) is 10.1 Å². The minimum atomic E-state index is -0.519. The average Bonchev–Trinajstić information content (AvgIpc) is 2.56. The highest BCUT2D eigenvalue weighted by Crippen LogP contribution is 2.31. The molecule has 0 saturated carbocycles. The normalized spacial score (nSPS) is 10.6. The third-order valence-corrected chi connectivity index (χ3v) is 3.21. The molecule has 0 aliphatic heterocycles. The van der Waals surface area contributed by atoms with Gasteiger partial charge in [0, 0.05) is 0 Å². The Labute approximate surface area is 108 Å². The van der Waals surface area contributed by atoms with Crippen LogP contribution < -0.4 is 5.73 Å². The lowest BCUT2D eigenvalue weighted by atomic mass is 10.2. The molecule has 0 atom stereocenters. The average molecular weight is 267 g/mol. The fourth-order valence-electron chi connectivity index (χ4n) is 1.78. The van der Waals surface area contributed by atoms with Gasteiger partial charge in [-0.15, -0.1) is 0 Å². The Morgan fingerprint density at radius 1 is 1.44 bits per heavy atom. The molecular weight excluding hydrogens is 256 g/mol. The van der Waals surface area contributed by atoms with Gasteiger partial charge in [-0.25, -0.2) is 4.68 Å². The van der Waals surface area contributed by atoms with Crippen LogP contribution in [-0.2, 0) is 0 Å². The summed E-state index contributed by atoms with van der Waals surface area (Å²) in [6.07, 6.45) is 0. The molecule has 0 spiro atoms. The first kappa shape index (κ1) is 12.4. The van der Waals surface area contributed by atoms with E-state index in [2.05, 4.69) is 5.10 Å². The molecule has 2 aromatic rings. The van der Waals surface area contributed by atoms with Crippen LogP contribution in [0.15, 0.2) is 18.2 Å². The van der Waals surface area contributed by atoms with Gasteiger partial charge in [0.25, 0.3) is 0 Å². The zero-order valence-electron chi connectivity index (χ0n) is 9.85. The van der Waals surface area contributed by atoms with E-state index in [0.29, 0.717) is 22.1 Å². The lowest BCUT2D eigenvalue weighted by Crippen LogP contribution is -2.06. The minimum Gasteiger partial charge on any atom is -0.393 e. The van der Waals surface area contributed by atoms with Gasteiger partial charge in [0.2, 0.25) is 0 Å². The van der Waals surface area contributed by atoms with Crippen molar-refractivity contribution in [3.63, 3.8) is 0 Å². The topological polar surface area (TPSA) is 87.0 Å². The lowest BCUT2D eigenvalue weighted by Gasteiger charge is -2.06. The van der Waals surface area contributed by atoms with E-state index in [-0.39, 0.29) is 11.4 Å². The summed E-state index contributed by atoms with van der Waals surface area (Å²) in [5.41, 5.74) is 7.14. The van der Waals surface area contributed by atoms with Crippen molar-refractivity contribution < 1.29 is 4.92 Å². The highest BCUT2D eigenvalue weighted by molar-refractivity contribution is 6.31. The molecule has 18 heavy (non-hydrogen) atoms. The van der Waals surface area contributed by atoms with E-state index < -0.39 is 4.92 Å². The van der Waals surface area contributed by atoms with Gasteiger partial charge in [-0.05, 0) is 26.0 Å². The van der Waals surface area contributed by atoms with Gasteiger partial charge < -0.3 is 5.73 Å². The summed E-state index contributed by atoms with van der Waals surface area (Å²) < 4.78 is 1.44. The number of anilines is 1. The van der Waals surface area contributed by atoms with Gasteiger partial charge in [-0.3, -0.25) is 10.1 Å². The highest BCUT2D eigenvalue weighted by Gasteiger charge is 2.22. The molecule has 2 rings (SSSR count). The Kier molecular flexibility index (Phi) is 2.96. The van der Waals surface area contributed by atoms with Crippen molar-refractivity contribution in [1.29, 1.82) is 0 Å². The monoisotopic (exact) mass is 266 g/mol. The van der Waals surface area contributed by atoms with Crippen LogP contribution in [0.4, 0.5) is 11.4 Å². The number of rotatable bonds is 2. The van der Waals surface area contributed by atoms with E-state index in [4.69, 9.17) is 17.3 Å². The maximum atomic E-state index is 11.1. The molecule has 1 aromatic heterocycles. The molecule has 0 amide bonds. The molecule has 0 aliphatic carbocycles. The van der Waals surface area contributed by atoms with E-state index >= 15 is 0 Å². The van der Waals surface area contributed by atoms with Crippen LogP contribution in [0, 0.1) is 24.0 Å². The number of nitrogens with zero attached hydrogens (tertiary/aromatic N) is 3. The molecule has 2 N–H and O–H groups in total. The summed E-state index contributed by atoms with van der Waals surface area (Å²) in [5, 5.41) is 15.8. The van der Waals surface area contributed by atoms with Gasteiger partial charge >= 0.3 is 5.69 Å². The number of hydrogen-bond donors (Lipinski definition) is 1. The Morgan fingerprint density at radius 3 is 2.61 bits per heavy atom. The fourth-order valence-corrected chi connectivity index (χ4v) is 1.89. The molecule has 1 heterocycles. The highest BCUT2D eigenvalue weighted by atomic mass is 35.5. The zero-order valence-corrected chi connectivity index (χ0v) is 10.6. The molecule has 0 fully saturated rings. The Hall–Kier alpha value is -2.08. The summed E-state index contributed by atoms with van der Waals surface area (Å²) in [6, 6.07) is 4.71. The zero-order chi connectivity index (χ0) is 13.4. The van der Waals surface area contributed by atoms with Crippen molar-refractivity contribution >= 4 is 23.0 Å². The van der Waals surface area contributed by atoms with Crippen molar-refractivity contribution in [3.05, 3.63) is 44.7 Å². The number of nitrogen functional groups attached to an aromatic ring is 1. The first-order valence-electron chi connectivity index (χ1n) is 5.18. The van der Waals surface area contributed by atoms with Gasteiger partial charge in [0.05, 0.1) is 21.3 Å². The predicted molar refractivity (Wildman–Crippen MR) is 69.1 cm³/mol. The largest absolute Gasteiger partial charge is 0.393 e. The molecule has 1 aromatic carbocycles. The number of para-hydroxylation sites is 1. The number of nitro groups is 1. The minimum absolute atomic E-state index is 0.0983. The maximum absolute atomic E-state index is 11.1. The van der Waals surface area contributed by atoms with Crippen LogP contribution in [0.2, 0.25) is 5.02 Å². The van der Waals surface area contributed by atoms with Crippen molar-refractivity contribution in [3.8, 4) is 5.69 Å².